The Kier molecular flexibility index (Phi) is 12.8. The highest BCUT2D eigenvalue weighted by Crippen LogP contribution is 2.46. The fraction of sp³-hybridized carbons (Fsp3) is 0.784. The van der Waals surface area contributed by atoms with Crippen LogP contribution in [0.2, 0.25) is 0 Å². The quantitative estimate of drug-likeness (QED) is 0.328. The molecule has 0 radical (unpaired) electrons. The van der Waals surface area contributed by atoms with Gasteiger partial charge < -0.3 is 49.4 Å². The van der Waals surface area contributed by atoms with Crippen LogP contribution in [-0.4, -0.2) is 124 Å². The van der Waals surface area contributed by atoms with Gasteiger partial charge in [0.1, 0.15) is 23.9 Å². The van der Waals surface area contributed by atoms with Crippen molar-refractivity contribution < 1.29 is 43.9 Å². The third kappa shape index (κ3) is 8.60. The first-order valence-electron chi connectivity index (χ1n) is 17.9. The Hall–Kier alpha value is -2.32. The van der Waals surface area contributed by atoms with Crippen LogP contribution in [0.25, 0.3) is 0 Å². The van der Waals surface area contributed by atoms with E-state index in [-0.39, 0.29) is 43.5 Å². The maximum atomic E-state index is 13.9. The molecule has 12 nitrogen and oxygen atoms in total. The molecule has 1 aromatic carbocycles. The second kappa shape index (κ2) is 15.9. The Bertz CT molecular complexity index is 1250. The van der Waals surface area contributed by atoms with Crippen molar-refractivity contribution in [3.8, 4) is 0 Å². The number of amides is 2. The first-order valence-corrected chi connectivity index (χ1v) is 17.9. The number of cyclic esters (lactones) is 1. The van der Waals surface area contributed by atoms with E-state index < -0.39 is 72.0 Å². The maximum Gasteiger partial charge on any atom is 0.318 e. The molecule has 4 N–H and O–H groups in total. The van der Waals surface area contributed by atoms with Crippen LogP contribution >= 0.6 is 0 Å². The van der Waals surface area contributed by atoms with Gasteiger partial charge in [0.25, 0.3) is 0 Å². The summed E-state index contributed by atoms with van der Waals surface area (Å²) in [6.45, 7) is 15.1. The van der Waals surface area contributed by atoms with E-state index in [9.17, 15) is 24.9 Å². The normalized spacial score (nSPS) is 42.4. The zero-order chi connectivity index (χ0) is 36.4. The minimum absolute atomic E-state index is 0.149. The lowest BCUT2D eigenvalue weighted by atomic mass is 9.82. The number of nitrogens with zero attached hydrogens (tertiary/aromatic N) is 2. The van der Waals surface area contributed by atoms with Crippen LogP contribution in [0.1, 0.15) is 80.2 Å². The van der Waals surface area contributed by atoms with Crippen molar-refractivity contribution in [2.24, 2.45) is 17.8 Å². The third-order valence-corrected chi connectivity index (χ3v) is 11.1. The third-order valence-electron chi connectivity index (χ3n) is 11.1. The van der Waals surface area contributed by atoms with Crippen LogP contribution in [0.15, 0.2) is 30.3 Å². The van der Waals surface area contributed by atoms with Gasteiger partial charge in [-0.15, -0.1) is 0 Å². The molecule has 0 saturated carbocycles. The number of ether oxygens (including phenoxy) is 4. The van der Waals surface area contributed by atoms with Crippen LogP contribution < -0.4 is 5.32 Å². The van der Waals surface area contributed by atoms with Gasteiger partial charge >= 0.3 is 12.0 Å². The Morgan fingerprint density at radius 2 is 1.76 bits per heavy atom. The van der Waals surface area contributed by atoms with Crippen molar-refractivity contribution in [3.05, 3.63) is 35.9 Å². The van der Waals surface area contributed by atoms with Gasteiger partial charge in [0, 0.05) is 25.0 Å². The van der Waals surface area contributed by atoms with E-state index in [0.29, 0.717) is 12.8 Å². The predicted octanol–water partition coefficient (Wildman–Crippen LogP) is 3.30. The summed E-state index contributed by atoms with van der Waals surface area (Å²) in [7, 11) is 3.85. The van der Waals surface area contributed by atoms with Crippen molar-refractivity contribution in [2.45, 2.75) is 147 Å². The molecule has 0 aromatic heterocycles. The number of carbonyl (C=O) groups excluding carboxylic acids is 2. The number of fused-ring (bicyclic) bond motifs is 2. The Morgan fingerprint density at radius 3 is 2.37 bits per heavy atom. The Balaban J connectivity index is 1.70. The van der Waals surface area contributed by atoms with Crippen molar-refractivity contribution in [3.63, 3.8) is 0 Å². The molecule has 3 fully saturated rings. The standard InChI is InChI=1S/C37H61N3O9/c1-11-28-37(8,45)31(42)25(6)40(35(44)38-19-26-15-13-12-14-16-26)20-21(2)18-36(7)32(23(4)30(49-36)24(5)33(43)47-28)48-34-29(41)27(39(9)10)17-22(3)46-34/h12-16,21-25,27-32,34,41-42,45H,11,17-20H2,1-10H3,(H,38,44)/t21-,22-,23+,24-,25-,27+,28-,29-,30?,31-,32-,34+,36+,37-/m1/s1. The molecule has 1 unspecified atom stereocenters. The minimum atomic E-state index is -1.87. The highest BCUT2D eigenvalue weighted by Gasteiger charge is 2.57. The van der Waals surface area contributed by atoms with Crippen molar-refractivity contribution in [2.75, 3.05) is 20.6 Å². The number of benzene rings is 1. The van der Waals surface area contributed by atoms with E-state index >= 15 is 0 Å². The van der Waals surface area contributed by atoms with Crippen LogP contribution in [0.5, 0.6) is 0 Å². The largest absolute Gasteiger partial charge is 0.459 e. The van der Waals surface area contributed by atoms with Crippen LogP contribution in [0.4, 0.5) is 4.79 Å². The highest BCUT2D eigenvalue weighted by molar-refractivity contribution is 5.75. The first kappa shape index (κ1) is 39.5. The number of aliphatic hydroxyl groups excluding tert-OH is 2. The molecule has 49 heavy (non-hydrogen) atoms. The van der Waals surface area contributed by atoms with Gasteiger partial charge in [0.2, 0.25) is 0 Å². The van der Waals surface area contributed by atoms with Gasteiger partial charge in [-0.2, -0.15) is 0 Å². The summed E-state index contributed by atoms with van der Waals surface area (Å²) < 4.78 is 25.6. The zero-order valence-electron chi connectivity index (χ0n) is 31.0. The number of urea groups is 1. The van der Waals surface area contributed by atoms with Gasteiger partial charge in [-0.25, -0.2) is 4.79 Å². The molecule has 3 heterocycles. The van der Waals surface area contributed by atoms with E-state index in [1.807, 2.05) is 77.0 Å². The van der Waals surface area contributed by atoms with E-state index in [1.165, 1.54) is 6.92 Å². The van der Waals surface area contributed by atoms with E-state index in [2.05, 4.69) is 5.32 Å². The Morgan fingerprint density at radius 1 is 1.10 bits per heavy atom. The molecular weight excluding hydrogens is 630 g/mol. The van der Waals surface area contributed by atoms with Gasteiger partial charge in [0.05, 0.1) is 35.9 Å². The molecule has 14 atom stereocenters. The molecule has 3 aliphatic heterocycles. The van der Waals surface area contributed by atoms with Crippen LogP contribution in [-0.2, 0) is 30.3 Å². The van der Waals surface area contributed by atoms with E-state index in [1.54, 1.807) is 25.7 Å². The minimum Gasteiger partial charge on any atom is -0.459 e. The summed E-state index contributed by atoms with van der Waals surface area (Å²) in [6.07, 6.45) is -4.35. The molecule has 0 aliphatic carbocycles. The van der Waals surface area contributed by atoms with Gasteiger partial charge in [-0.3, -0.25) is 4.79 Å². The molecular formula is C37H61N3O9. The maximum absolute atomic E-state index is 13.9. The lowest BCUT2D eigenvalue weighted by Crippen LogP contribution is -2.61. The average Bonchev–Trinajstić information content (AvgIpc) is 3.29. The first-order chi connectivity index (χ1) is 22.9. The fourth-order valence-electron chi connectivity index (χ4n) is 8.25. The molecule has 12 heteroatoms. The SMILES string of the molecule is CC[C@H]1OC(=O)[C@H](C)C2O[C@@](C)(C[C@@H](C)CN(C(=O)NCc3ccccc3)[C@H](C)[C@@H](O)[C@]1(C)O)[C@H](O[C@@H]1O[C@H](C)C[C@H](N(C)C)[C@H]1O)[C@H]2C. The fourth-order valence-corrected chi connectivity index (χ4v) is 8.25. The molecule has 4 rings (SSSR count). The number of likely N-dealkylation sites (N-methyl/N-ethyl adjacent to an activating group) is 1. The number of esters is 1. The predicted molar refractivity (Wildman–Crippen MR) is 184 cm³/mol. The molecule has 2 bridgehead atoms. The summed E-state index contributed by atoms with van der Waals surface area (Å²) in [4.78, 5) is 31.1. The monoisotopic (exact) mass is 691 g/mol. The number of rotatable bonds is 6. The van der Waals surface area contributed by atoms with Gasteiger partial charge in [0.15, 0.2) is 6.29 Å². The second-order valence-electron chi connectivity index (χ2n) is 15.5. The molecule has 0 spiro atoms. The van der Waals surface area contributed by atoms with E-state index in [4.69, 9.17) is 18.9 Å². The summed E-state index contributed by atoms with van der Waals surface area (Å²) in [5.41, 5.74) is -1.89. The van der Waals surface area contributed by atoms with Gasteiger partial charge in [-0.1, -0.05) is 51.1 Å². The zero-order valence-corrected chi connectivity index (χ0v) is 31.0. The molecule has 2 amide bonds. The number of aliphatic hydroxyl groups is 3. The summed E-state index contributed by atoms with van der Waals surface area (Å²) >= 11 is 0. The lowest BCUT2D eigenvalue weighted by Gasteiger charge is -2.45. The summed E-state index contributed by atoms with van der Waals surface area (Å²) in [6, 6.07) is 8.11. The molecule has 278 valence electrons. The molecule has 3 saturated heterocycles. The van der Waals surface area contributed by atoms with Gasteiger partial charge in [-0.05, 0) is 79.5 Å². The summed E-state index contributed by atoms with van der Waals surface area (Å²) in [5, 5.41) is 37.7. The van der Waals surface area contributed by atoms with Crippen molar-refractivity contribution >= 4 is 12.0 Å². The number of hydrogen-bond acceptors (Lipinski definition) is 10. The van der Waals surface area contributed by atoms with Crippen molar-refractivity contribution in [1.29, 1.82) is 0 Å². The van der Waals surface area contributed by atoms with E-state index in [0.717, 1.165) is 5.56 Å². The second-order valence-corrected chi connectivity index (χ2v) is 15.5. The summed E-state index contributed by atoms with van der Waals surface area (Å²) in [5.74, 6) is -1.79. The van der Waals surface area contributed by atoms with Crippen LogP contribution in [0, 0.1) is 17.8 Å². The highest BCUT2D eigenvalue weighted by atomic mass is 16.7. The Labute approximate surface area is 292 Å². The molecule has 3 aliphatic rings. The molecule has 1 aromatic rings. The number of nitrogens with one attached hydrogen (secondary N) is 1. The average molecular weight is 692 g/mol. The lowest BCUT2D eigenvalue weighted by molar-refractivity contribution is -0.283. The van der Waals surface area contributed by atoms with Crippen LogP contribution in [0.3, 0.4) is 0 Å². The van der Waals surface area contributed by atoms with Crippen molar-refractivity contribution in [1.82, 2.24) is 15.1 Å². The number of carbonyl (C=O) groups is 2. The topological polar surface area (TPSA) is 150 Å². The number of hydrogen-bond donors (Lipinski definition) is 4. The smallest absolute Gasteiger partial charge is 0.318 e.